The van der Waals surface area contributed by atoms with Gasteiger partial charge in [0.2, 0.25) is 5.91 Å². The van der Waals surface area contributed by atoms with Gasteiger partial charge in [0.25, 0.3) is 10.0 Å². The topological polar surface area (TPSA) is 111 Å². The number of nitrogens with one attached hydrogen (secondary N) is 1. The normalized spacial score (nSPS) is 14.7. The van der Waals surface area contributed by atoms with Gasteiger partial charge in [0, 0.05) is 22.3 Å². The van der Waals surface area contributed by atoms with Crippen LogP contribution in [0, 0.1) is 0 Å². The number of sulfonamides is 1. The summed E-state index contributed by atoms with van der Waals surface area (Å²) < 4.78 is 39.7. The number of aromatic nitrogens is 2. The molecule has 198 valence electrons. The van der Waals surface area contributed by atoms with Crippen molar-refractivity contribution in [1.29, 1.82) is 0 Å². The third-order valence-corrected chi connectivity index (χ3v) is 8.97. The summed E-state index contributed by atoms with van der Waals surface area (Å²) in [5, 5.41) is 3.50. The second-order valence-electron chi connectivity index (χ2n) is 8.72. The highest BCUT2D eigenvalue weighted by atomic mass is 35.5. The molecule has 6 rings (SSSR count). The maximum atomic E-state index is 13.7. The number of hydrogen-bond donors (Lipinski definition) is 1. The van der Waals surface area contributed by atoms with Crippen molar-refractivity contribution in [3.05, 3.63) is 83.5 Å². The van der Waals surface area contributed by atoms with Crippen molar-refractivity contribution in [2.24, 2.45) is 0 Å². The van der Waals surface area contributed by atoms with Crippen molar-refractivity contribution in [1.82, 2.24) is 9.97 Å². The van der Waals surface area contributed by atoms with Gasteiger partial charge >= 0.3 is 0 Å². The van der Waals surface area contributed by atoms with E-state index in [9.17, 15) is 13.2 Å². The fourth-order valence-corrected chi connectivity index (χ4v) is 6.67. The van der Waals surface area contributed by atoms with Crippen LogP contribution < -0.4 is 19.1 Å². The van der Waals surface area contributed by atoms with Gasteiger partial charge in [-0.3, -0.25) is 9.10 Å². The van der Waals surface area contributed by atoms with Crippen molar-refractivity contribution in [2.75, 3.05) is 28.6 Å². The van der Waals surface area contributed by atoms with Gasteiger partial charge in [-0.25, -0.2) is 18.4 Å². The van der Waals surface area contributed by atoms with Crippen molar-refractivity contribution < 1.29 is 22.7 Å². The number of ether oxygens (including phenoxy) is 2. The number of carbonyl (C=O) groups excluding carboxylic acids is 1. The molecule has 0 aliphatic carbocycles. The van der Waals surface area contributed by atoms with E-state index in [2.05, 4.69) is 15.3 Å². The molecule has 12 heteroatoms. The molecule has 1 N–H and O–H groups in total. The van der Waals surface area contributed by atoms with Gasteiger partial charge in [0.1, 0.15) is 18.1 Å². The van der Waals surface area contributed by atoms with Gasteiger partial charge in [0.15, 0.2) is 16.7 Å². The van der Waals surface area contributed by atoms with Gasteiger partial charge in [-0.15, -0.1) is 0 Å². The minimum Gasteiger partial charge on any atom is -0.486 e. The Morgan fingerprint density at radius 2 is 1.82 bits per heavy atom. The number of rotatable bonds is 6. The molecule has 1 aromatic heterocycles. The molecule has 0 atom stereocenters. The van der Waals surface area contributed by atoms with Gasteiger partial charge in [-0.1, -0.05) is 53.7 Å². The minimum absolute atomic E-state index is 0.00154. The zero-order valence-electron chi connectivity index (χ0n) is 20.3. The van der Waals surface area contributed by atoms with Crippen LogP contribution >= 0.6 is 23.4 Å². The lowest BCUT2D eigenvalue weighted by Crippen LogP contribution is -2.34. The Bertz CT molecular complexity index is 1690. The van der Waals surface area contributed by atoms with Crippen LogP contribution in [-0.2, 0) is 21.4 Å². The van der Waals surface area contributed by atoms with E-state index in [1.807, 2.05) is 30.3 Å². The zero-order valence-corrected chi connectivity index (χ0v) is 22.7. The number of carbonyl (C=O) groups is 1. The molecule has 39 heavy (non-hydrogen) atoms. The molecule has 0 bridgehead atoms. The van der Waals surface area contributed by atoms with Crippen LogP contribution in [0.2, 0.25) is 5.02 Å². The molecule has 0 unspecified atom stereocenters. The van der Waals surface area contributed by atoms with E-state index in [1.54, 1.807) is 36.4 Å². The highest BCUT2D eigenvalue weighted by Gasteiger charge is 2.37. The SMILES string of the molecule is O=C(CSc1ncc2c(n1)-c1ccc(Cl)cc1N(Cc1ccccc1)S2(=O)=O)Nc1ccc2c(c1)OCCO2. The second kappa shape index (κ2) is 10.4. The first-order valence-corrected chi connectivity index (χ1v) is 14.7. The third kappa shape index (κ3) is 5.12. The minimum atomic E-state index is -3.97. The largest absolute Gasteiger partial charge is 0.486 e. The number of halogens is 1. The van der Waals surface area contributed by atoms with E-state index < -0.39 is 10.0 Å². The standard InChI is InChI=1S/C27H21ClN4O5S2/c28-18-6-8-20-21(12-18)32(15-17-4-2-1-3-5-17)39(34,35)24-14-29-27(31-26(20)24)38-16-25(33)30-19-7-9-22-23(13-19)37-11-10-36-22/h1-9,12-14H,10-11,15-16H2,(H,30,33). The molecule has 2 aliphatic heterocycles. The lowest BCUT2D eigenvalue weighted by Gasteiger charge is -2.31. The molecule has 3 aromatic carbocycles. The van der Waals surface area contributed by atoms with Crippen LogP contribution in [0.1, 0.15) is 5.56 Å². The average Bonchev–Trinajstić information content (AvgIpc) is 2.94. The average molecular weight is 581 g/mol. The quantitative estimate of drug-likeness (QED) is 0.250. The molecule has 2 aliphatic rings. The molecule has 0 saturated heterocycles. The molecule has 9 nitrogen and oxygen atoms in total. The summed E-state index contributed by atoms with van der Waals surface area (Å²) in [5.74, 6) is 0.959. The van der Waals surface area contributed by atoms with E-state index in [0.29, 0.717) is 46.7 Å². The summed E-state index contributed by atoms with van der Waals surface area (Å²) in [7, 11) is -3.97. The monoisotopic (exact) mass is 580 g/mol. The summed E-state index contributed by atoms with van der Waals surface area (Å²) in [6.07, 6.45) is 1.30. The first-order chi connectivity index (χ1) is 18.9. The summed E-state index contributed by atoms with van der Waals surface area (Å²) in [5.41, 5.74) is 2.73. The van der Waals surface area contributed by atoms with E-state index >= 15 is 0 Å². The van der Waals surface area contributed by atoms with Crippen LogP contribution in [0.5, 0.6) is 11.5 Å². The lowest BCUT2D eigenvalue weighted by atomic mass is 10.1. The number of amides is 1. The Balaban J connectivity index is 1.24. The maximum absolute atomic E-state index is 13.7. The van der Waals surface area contributed by atoms with Crippen LogP contribution in [-0.4, -0.2) is 43.3 Å². The van der Waals surface area contributed by atoms with Crippen molar-refractivity contribution in [3.8, 4) is 22.8 Å². The summed E-state index contributed by atoms with van der Waals surface area (Å²) >= 11 is 7.38. The number of nitrogens with zero attached hydrogens (tertiary/aromatic N) is 3. The number of benzene rings is 3. The predicted octanol–water partition coefficient (Wildman–Crippen LogP) is 5.01. The number of hydrogen-bond acceptors (Lipinski definition) is 8. The molecule has 0 radical (unpaired) electrons. The number of thioether (sulfide) groups is 1. The number of fused-ring (bicyclic) bond motifs is 4. The van der Waals surface area contributed by atoms with Gasteiger partial charge in [0.05, 0.1) is 29.9 Å². The molecule has 0 fully saturated rings. The molecule has 4 aromatic rings. The van der Waals surface area contributed by atoms with E-state index in [1.165, 1.54) is 10.5 Å². The zero-order chi connectivity index (χ0) is 27.0. The summed E-state index contributed by atoms with van der Waals surface area (Å²) in [6, 6.07) is 19.6. The highest BCUT2D eigenvalue weighted by Crippen LogP contribution is 2.44. The van der Waals surface area contributed by atoms with Crippen LogP contribution in [0.4, 0.5) is 11.4 Å². The van der Waals surface area contributed by atoms with E-state index in [0.717, 1.165) is 17.3 Å². The number of anilines is 2. The predicted molar refractivity (Wildman–Crippen MR) is 149 cm³/mol. The van der Waals surface area contributed by atoms with Crippen molar-refractivity contribution in [3.63, 3.8) is 0 Å². The highest BCUT2D eigenvalue weighted by molar-refractivity contribution is 7.99. The maximum Gasteiger partial charge on any atom is 0.268 e. The molecular formula is C27H21ClN4O5S2. The summed E-state index contributed by atoms with van der Waals surface area (Å²) in [4.78, 5) is 21.4. The molecular weight excluding hydrogens is 560 g/mol. The first kappa shape index (κ1) is 25.5. The molecule has 0 spiro atoms. The van der Waals surface area contributed by atoms with Crippen LogP contribution in [0.25, 0.3) is 11.3 Å². The van der Waals surface area contributed by atoms with Crippen LogP contribution in [0.3, 0.4) is 0 Å². The van der Waals surface area contributed by atoms with Crippen molar-refractivity contribution >= 4 is 50.7 Å². The fourth-order valence-electron chi connectivity index (χ4n) is 4.33. The Morgan fingerprint density at radius 1 is 1.03 bits per heavy atom. The Hall–Kier alpha value is -3.80. The van der Waals surface area contributed by atoms with Gasteiger partial charge in [-0.05, 0) is 35.9 Å². The Labute approximate surface area is 234 Å². The molecule has 3 heterocycles. The third-order valence-electron chi connectivity index (χ3n) is 6.11. The van der Waals surface area contributed by atoms with E-state index in [-0.39, 0.29) is 34.0 Å². The smallest absolute Gasteiger partial charge is 0.268 e. The molecule has 1 amide bonds. The Morgan fingerprint density at radius 3 is 2.64 bits per heavy atom. The molecule has 0 saturated carbocycles. The Kier molecular flexibility index (Phi) is 6.79. The van der Waals surface area contributed by atoms with Gasteiger partial charge < -0.3 is 14.8 Å². The van der Waals surface area contributed by atoms with Gasteiger partial charge in [-0.2, -0.15) is 0 Å². The fraction of sp³-hybridized carbons (Fsp3) is 0.148. The summed E-state index contributed by atoms with van der Waals surface area (Å²) in [6.45, 7) is 1.07. The first-order valence-electron chi connectivity index (χ1n) is 11.9. The van der Waals surface area contributed by atoms with Crippen LogP contribution in [0.15, 0.2) is 83.0 Å². The van der Waals surface area contributed by atoms with E-state index in [4.69, 9.17) is 21.1 Å². The van der Waals surface area contributed by atoms with Crippen molar-refractivity contribution in [2.45, 2.75) is 16.6 Å². The lowest BCUT2D eigenvalue weighted by molar-refractivity contribution is -0.113. The second-order valence-corrected chi connectivity index (χ2v) is 11.9.